The molecule has 0 radical (unpaired) electrons. The number of fused-ring (bicyclic) bond motifs is 4. The lowest BCUT2D eigenvalue weighted by Gasteiger charge is -2.48. The molecular formula is C20H23F5O. The molecule has 2 saturated carbocycles. The number of allylic oxidation sites excluding steroid dienone is 4. The summed E-state index contributed by atoms with van der Waals surface area (Å²) < 4.78 is 66.4. The van der Waals surface area contributed by atoms with Crippen molar-refractivity contribution in [2.75, 3.05) is 0 Å². The van der Waals surface area contributed by atoms with Crippen molar-refractivity contribution >= 4 is 5.78 Å². The molecule has 0 bridgehead atoms. The topological polar surface area (TPSA) is 17.1 Å². The molecule has 0 aromatic carbocycles. The smallest absolute Gasteiger partial charge is 0.299 e. The monoisotopic (exact) mass is 374 g/mol. The molecule has 0 aromatic heterocycles. The van der Waals surface area contributed by atoms with Crippen molar-refractivity contribution in [2.24, 2.45) is 17.3 Å². The van der Waals surface area contributed by atoms with E-state index in [1.807, 2.05) is 0 Å². The van der Waals surface area contributed by atoms with Crippen LogP contribution in [0.5, 0.6) is 0 Å². The van der Waals surface area contributed by atoms with Crippen molar-refractivity contribution < 1.29 is 26.7 Å². The number of alkyl halides is 5. The fourth-order valence-corrected chi connectivity index (χ4v) is 6.05. The summed E-state index contributed by atoms with van der Waals surface area (Å²) >= 11 is 0. The molecular weight excluding hydrogens is 351 g/mol. The SMILES string of the molecule is O=C1CC[C@H]2[C@@H]3CCC4=CCCCC4=C3CC[C@]12CC(F)(F)C(F)(F)F. The second-order valence-electron chi connectivity index (χ2n) is 8.37. The molecule has 4 aliphatic carbocycles. The van der Waals surface area contributed by atoms with E-state index in [1.165, 1.54) is 16.7 Å². The predicted octanol–water partition coefficient (Wildman–Crippen LogP) is 6.15. The first-order chi connectivity index (χ1) is 12.2. The summed E-state index contributed by atoms with van der Waals surface area (Å²) in [5.74, 6) is -5.53. The molecule has 0 spiro atoms. The zero-order chi connectivity index (χ0) is 18.7. The van der Waals surface area contributed by atoms with E-state index in [9.17, 15) is 26.7 Å². The van der Waals surface area contributed by atoms with E-state index in [1.54, 1.807) is 0 Å². The van der Waals surface area contributed by atoms with Crippen LogP contribution in [0.2, 0.25) is 0 Å². The summed E-state index contributed by atoms with van der Waals surface area (Å²) in [5, 5.41) is 0. The molecule has 6 heteroatoms. The van der Waals surface area contributed by atoms with Gasteiger partial charge in [0.05, 0.1) is 0 Å². The van der Waals surface area contributed by atoms with Gasteiger partial charge in [0.25, 0.3) is 0 Å². The van der Waals surface area contributed by atoms with E-state index in [0.29, 0.717) is 12.8 Å². The Labute approximate surface area is 149 Å². The number of carbonyl (C=O) groups is 1. The van der Waals surface area contributed by atoms with E-state index in [2.05, 4.69) is 6.08 Å². The summed E-state index contributed by atoms with van der Waals surface area (Å²) in [6.07, 6.45) is 1.25. The molecule has 0 aliphatic heterocycles. The minimum Gasteiger partial charge on any atom is -0.299 e. The van der Waals surface area contributed by atoms with E-state index in [-0.39, 0.29) is 30.5 Å². The van der Waals surface area contributed by atoms with Crippen molar-refractivity contribution in [3.05, 3.63) is 22.8 Å². The zero-order valence-electron chi connectivity index (χ0n) is 14.6. The summed E-state index contributed by atoms with van der Waals surface area (Å²) in [4.78, 5) is 12.6. The van der Waals surface area contributed by atoms with E-state index >= 15 is 0 Å². The number of ketones is 1. The minimum absolute atomic E-state index is 0.00415. The van der Waals surface area contributed by atoms with E-state index < -0.39 is 23.9 Å². The molecule has 2 fully saturated rings. The van der Waals surface area contributed by atoms with Gasteiger partial charge in [-0.25, -0.2) is 0 Å². The van der Waals surface area contributed by atoms with Crippen molar-refractivity contribution in [3.8, 4) is 0 Å². The highest BCUT2D eigenvalue weighted by Crippen LogP contribution is 2.62. The van der Waals surface area contributed by atoms with Gasteiger partial charge in [0, 0.05) is 18.3 Å². The average molecular weight is 374 g/mol. The third kappa shape index (κ3) is 2.58. The van der Waals surface area contributed by atoms with Gasteiger partial charge in [-0.2, -0.15) is 22.0 Å². The predicted molar refractivity (Wildman–Crippen MR) is 86.7 cm³/mol. The maximum Gasteiger partial charge on any atom is 0.453 e. The Morgan fingerprint density at radius 1 is 1.04 bits per heavy atom. The van der Waals surface area contributed by atoms with Gasteiger partial charge < -0.3 is 0 Å². The fraction of sp³-hybridized carbons (Fsp3) is 0.750. The molecule has 144 valence electrons. The van der Waals surface area contributed by atoms with E-state index in [4.69, 9.17) is 0 Å². The lowest BCUT2D eigenvalue weighted by molar-refractivity contribution is -0.293. The number of rotatable bonds is 2. The first kappa shape index (κ1) is 18.2. The van der Waals surface area contributed by atoms with Crippen molar-refractivity contribution in [3.63, 3.8) is 0 Å². The van der Waals surface area contributed by atoms with Gasteiger partial charge in [0.2, 0.25) is 0 Å². The summed E-state index contributed by atoms with van der Waals surface area (Å²) in [5.41, 5.74) is 2.43. The van der Waals surface area contributed by atoms with E-state index in [0.717, 1.165) is 32.1 Å². The molecule has 1 nitrogen and oxygen atoms in total. The number of hydrogen-bond acceptors (Lipinski definition) is 1. The Bertz CT molecular complexity index is 687. The molecule has 0 N–H and O–H groups in total. The lowest BCUT2D eigenvalue weighted by atomic mass is 9.55. The van der Waals surface area contributed by atoms with Gasteiger partial charge in [-0.3, -0.25) is 4.79 Å². The molecule has 0 amide bonds. The third-order valence-electron chi connectivity index (χ3n) is 7.19. The number of Topliss-reactive ketones (excluding diaryl/α,β-unsaturated/α-hetero) is 1. The van der Waals surface area contributed by atoms with Crippen LogP contribution in [0.4, 0.5) is 22.0 Å². The highest BCUT2D eigenvalue weighted by molar-refractivity contribution is 5.88. The fourth-order valence-electron chi connectivity index (χ4n) is 6.05. The van der Waals surface area contributed by atoms with Crippen molar-refractivity contribution in [1.82, 2.24) is 0 Å². The Balaban J connectivity index is 1.71. The standard InChI is InChI=1S/C20H23F5O/c21-19(22,20(23,24)25)11-18-10-9-14-13-4-2-1-3-12(13)5-6-15(14)16(18)7-8-17(18)26/h3,15-16H,1-2,4-11H2/t15-,16+,18-/m1/s1. The second-order valence-corrected chi connectivity index (χ2v) is 8.37. The number of hydrogen-bond donors (Lipinski definition) is 0. The van der Waals surface area contributed by atoms with Gasteiger partial charge in [-0.15, -0.1) is 0 Å². The second kappa shape index (κ2) is 5.90. The number of carbonyl (C=O) groups excluding carboxylic acids is 1. The van der Waals surface area contributed by atoms with Gasteiger partial charge in [-0.05, 0) is 74.3 Å². The first-order valence-corrected chi connectivity index (χ1v) is 9.55. The molecule has 0 saturated heterocycles. The summed E-state index contributed by atoms with van der Waals surface area (Å²) in [7, 11) is 0. The third-order valence-corrected chi connectivity index (χ3v) is 7.19. The average Bonchev–Trinajstić information content (AvgIpc) is 2.90. The molecule has 0 heterocycles. The Hall–Kier alpha value is -1.20. The zero-order valence-corrected chi connectivity index (χ0v) is 14.6. The molecule has 4 aliphatic rings. The Morgan fingerprint density at radius 3 is 2.54 bits per heavy atom. The van der Waals surface area contributed by atoms with Gasteiger partial charge in [0.15, 0.2) is 0 Å². The Kier molecular flexibility index (Phi) is 4.12. The molecule has 4 rings (SSSR count). The maximum atomic E-state index is 13.9. The highest BCUT2D eigenvalue weighted by Gasteiger charge is 2.66. The summed E-state index contributed by atoms with van der Waals surface area (Å²) in [6.45, 7) is 0. The van der Waals surface area contributed by atoms with Gasteiger partial charge in [0.1, 0.15) is 5.78 Å². The highest BCUT2D eigenvalue weighted by atomic mass is 19.4. The molecule has 26 heavy (non-hydrogen) atoms. The van der Waals surface area contributed by atoms with Crippen LogP contribution in [-0.2, 0) is 4.79 Å². The van der Waals surface area contributed by atoms with Crippen LogP contribution in [0.25, 0.3) is 0 Å². The van der Waals surface area contributed by atoms with Crippen LogP contribution in [0.3, 0.4) is 0 Å². The van der Waals surface area contributed by atoms with Crippen LogP contribution in [0, 0.1) is 17.3 Å². The van der Waals surface area contributed by atoms with Crippen molar-refractivity contribution in [1.29, 1.82) is 0 Å². The van der Waals surface area contributed by atoms with Crippen LogP contribution in [0.1, 0.15) is 64.2 Å². The lowest BCUT2D eigenvalue weighted by Crippen LogP contribution is -2.49. The van der Waals surface area contributed by atoms with Crippen LogP contribution >= 0.6 is 0 Å². The first-order valence-electron chi connectivity index (χ1n) is 9.55. The molecule has 0 unspecified atom stereocenters. The van der Waals surface area contributed by atoms with Crippen LogP contribution in [0.15, 0.2) is 22.8 Å². The number of halogens is 5. The Morgan fingerprint density at radius 2 is 1.81 bits per heavy atom. The maximum absolute atomic E-state index is 13.9. The minimum atomic E-state index is -5.60. The largest absolute Gasteiger partial charge is 0.453 e. The van der Waals surface area contributed by atoms with Gasteiger partial charge >= 0.3 is 12.1 Å². The molecule has 3 atom stereocenters. The van der Waals surface area contributed by atoms with Gasteiger partial charge in [-0.1, -0.05) is 11.6 Å². The normalized spacial score (nSPS) is 35.0. The molecule has 0 aromatic rings. The van der Waals surface area contributed by atoms with Crippen LogP contribution in [-0.4, -0.2) is 17.9 Å². The quantitative estimate of drug-likeness (QED) is 0.530. The van der Waals surface area contributed by atoms with Crippen LogP contribution < -0.4 is 0 Å². The van der Waals surface area contributed by atoms with Crippen molar-refractivity contribution in [2.45, 2.75) is 76.3 Å². The summed E-state index contributed by atoms with van der Waals surface area (Å²) in [6, 6.07) is 0.